The van der Waals surface area contributed by atoms with E-state index in [1.807, 2.05) is 0 Å². The van der Waals surface area contributed by atoms with Crippen LogP contribution in [-0.2, 0) is 25.5 Å². The Kier molecular flexibility index (Phi) is 10.5. The van der Waals surface area contributed by atoms with Crippen LogP contribution in [0.3, 0.4) is 0 Å². The van der Waals surface area contributed by atoms with Crippen molar-refractivity contribution in [2.75, 3.05) is 11.5 Å². The number of carbonyl (C=O) groups excluding carboxylic acids is 4. The number of Topliss-reactive ketones (excluding diaryl/α,β-unsaturated/α-hetero) is 1. The molecule has 0 aromatic carbocycles. The number of imide groups is 1. The lowest BCUT2D eigenvalue weighted by atomic mass is 10.0. The molecule has 1 aliphatic carbocycles. The predicted molar refractivity (Wildman–Crippen MR) is 148 cm³/mol. The molecule has 1 aliphatic rings. The largest absolute Gasteiger partial charge is 0.467 e. The SMILES string of the molecule is CC(C)(C)OC(=O)N(C(=O)OC(C)(C)C)c1cc(CCC(NC(=O)C2CCCC2)C(=O)COc2ccon2)ccn1. The fourth-order valence-corrected chi connectivity index (χ4v) is 4.24. The molecule has 0 saturated heterocycles. The van der Waals surface area contributed by atoms with Gasteiger partial charge in [-0.3, -0.25) is 9.59 Å². The summed E-state index contributed by atoms with van der Waals surface area (Å²) in [5, 5.41) is 6.54. The van der Waals surface area contributed by atoms with Crippen LogP contribution >= 0.6 is 0 Å². The number of pyridine rings is 1. The molecule has 1 atom stereocenters. The van der Waals surface area contributed by atoms with Crippen LogP contribution in [0.25, 0.3) is 0 Å². The molecule has 3 rings (SSSR count). The van der Waals surface area contributed by atoms with Crippen molar-refractivity contribution in [3.05, 3.63) is 36.2 Å². The van der Waals surface area contributed by atoms with Gasteiger partial charge in [0.05, 0.1) is 6.04 Å². The van der Waals surface area contributed by atoms with Crippen molar-refractivity contribution >= 4 is 29.7 Å². The fraction of sp³-hybridized carbons (Fsp3) is 0.586. The Labute approximate surface area is 240 Å². The van der Waals surface area contributed by atoms with Gasteiger partial charge in [0.15, 0.2) is 12.4 Å². The molecule has 2 heterocycles. The normalized spacial score (nSPS) is 14.7. The van der Waals surface area contributed by atoms with Crippen molar-refractivity contribution in [1.29, 1.82) is 0 Å². The maximum Gasteiger partial charge on any atom is 0.425 e. The molecule has 0 radical (unpaired) electrons. The third kappa shape index (κ3) is 10.2. The molecule has 1 saturated carbocycles. The highest BCUT2D eigenvalue weighted by atomic mass is 16.6. The van der Waals surface area contributed by atoms with Crippen LogP contribution in [0.4, 0.5) is 15.4 Å². The van der Waals surface area contributed by atoms with Crippen molar-refractivity contribution in [3.8, 4) is 5.88 Å². The van der Waals surface area contributed by atoms with Crippen LogP contribution in [-0.4, -0.2) is 57.9 Å². The van der Waals surface area contributed by atoms with Gasteiger partial charge in [0.25, 0.3) is 5.88 Å². The number of nitrogens with one attached hydrogen (secondary N) is 1. The van der Waals surface area contributed by atoms with E-state index in [-0.39, 0.29) is 42.3 Å². The van der Waals surface area contributed by atoms with Crippen LogP contribution in [0.5, 0.6) is 5.88 Å². The van der Waals surface area contributed by atoms with Crippen molar-refractivity contribution < 1.29 is 37.9 Å². The maximum absolute atomic E-state index is 13.1. The molecule has 1 N–H and O–H groups in total. The molecule has 224 valence electrons. The summed E-state index contributed by atoms with van der Waals surface area (Å²) in [5.74, 6) is -0.414. The number of carbonyl (C=O) groups is 4. The fourth-order valence-electron chi connectivity index (χ4n) is 4.24. The zero-order chi connectivity index (χ0) is 30.2. The van der Waals surface area contributed by atoms with Gasteiger partial charge in [-0.05, 0) is 90.1 Å². The zero-order valence-corrected chi connectivity index (χ0v) is 24.6. The van der Waals surface area contributed by atoms with Crippen LogP contribution in [0.1, 0.15) is 79.2 Å². The summed E-state index contributed by atoms with van der Waals surface area (Å²) in [7, 11) is 0. The van der Waals surface area contributed by atoms with E-state index in [1.54, 1.807) is 53.7 Å². The Morgan fingerprint density at radius 2 is 1.66 bits per heavy atom. The summed E-state index contributed by atoms with van der Waals surface area (Å²) in [6.45, 7) is 9.82. The molecule has 0 aliphatic heterocycles. The number of amides is 3. The quantitative estimate of drug-likeness (QED) is 0.412. The highest BCUT2D eigenvalue weighted by Crippen LogP contribution is 2.25. The predicted octanol–water partition coefficient (Wildman–Crippen LogP) is 5.00. The maximum atomic E-state index is 13.1. The minimum atomic E-state index is -0.932. The van der Waals surface area contributed by atoms with Gasteiger partial charge in [0.2, 0.25) is 5.91 Å². The summed E-state index contributed by atoms with van der Waals surface area (Å²) in [5.41, 5.74) is -1.06. The van der Waals surface area contributed by atoms with Gasteiger partial charge >= 0.3 is 12.2 Å². The minimum absolute atomic E-state index is 0.0123. The van der Waals surface area contributed by atoms with Crippen LogP contribution in [0.15, 0.2) is 35.2 Å². The standard InChI is InChI=1S/C29H40N4O8/c1-28(2,3)40-26(36)33(27(37)41-29(4,5)6)23-17-19(13-15-30-23)11-12-21(31-25(35)20-9-7-8-10-20)22(34)18-38-24-14-16-39-32-24/h13-17,20-21H,7-12,18H2,1-6H3,(H,31,35). The van der Waals surface area contributed by atoms with Gasteiger partial charge in [-0.1, -0.05) is 12.8 Å². The molecule has 3 amide bonds. The van der Waals surface area contributed by atoms with Gasteiger partial charge in [-0.2, -0.15) is 4.90 Å². The van der Waals surface area contributed by atoms with Crippen LogP contribution in [0.2, 0.25) is 0 Å². The van der Waals surface area contributed by atoms with Crippen molar-refractivity contribution in [1.82, 2.24) is 15.5 Å². The van der Waals surface area contributed by atoms with E-state index in [4.69, 9.17) is 18.7 Å². The average molecular weight is 573 g/mol. The summed E-state index contributed by atoms with van der Waals surface area (Å²) < 4.78 is 21.0. The van der Waals surface area contributed by atoms with E-state index < -0.39 is 29.4 Å². The Morgan fingerprint density at radius 1 is 1.02 bits per heavy atom. The number of ketones is 1. The van der Waals surface area contributed by atoms with E-state index in [2.05, 4.69) is 15.5 Å². The first-order chi connectivity index (χ1) is 19.2. The van der Waals surface area contributed by atoms with Crippen molar-refractivity contribution in [2.45, 2.75) is 97.3 Å². The number of rotatable bonds is 10. The minimum Gasteiger partial charge on any atom is -0.467 e. The lowest BCUT2D eigenvalue weighted by Crippen LogP contribution is -2.45. The number of aryl methyl sites for hydroxylation is 1. The van der Waals surface area contributed by atoms with Gasteiger partial charge in [-0.15, -0.1) is 0 Å². The zero-order valence-electron chi connectivity index (χ0n) is 24.6. The smallest absolute Gasteiger partial charge is 0.425 e. The number of hydrogen-bond acceptors (Lipinski definition) is 10. The molecule has 2 aromatic heterocycles. The molecule has 1 fully saturated rings. The molecular weight excluding hydrogens is 532 g/mol. The highest BCUT2D eigenvalue weighted by Gasteiger charge is 2.34. The third-order valence-corrected chi connectivity index (χ3v) is 6.12. The Hall–Kier alpha value is -3.96. The average Bonchev–Trinajstić information content (AvgIpc) is 3.58. The van der Waals surface area contributed by atoms with E-state index in [0.717, 1.165) is 30.6 Å². The molecule has 2 aromatic rings. The molecule has 12 heteroatoms. The first-order valence-corrected chi connectivity index (χ1v) is 13.8. The monoisotopic (exact) mass is 572 g/mol. The molecule has 0 bridgehead atoms. The van der Waals surface area contributed by atoms with Gasteiger partial charge in [-0.25, -0.2) is 14.6 Å². The number of anilines is 1. The highest BCUT2D eigenvalue weighted by molar-refractivity contribution is 6.08. The van der Waals surface area contributed by atoms with E-state index in [0.29, 0.717) is 12.0 Å². The van der Waals surface area contributed by atoms with E-state index in [1.165, 1.54) is 18.5 Å². The van der Waals surface area contributed by atoms with Gasteiger partial charge in [0.1, 0.15) is 23.3 Å². The van der Waals surface area contributed by atoms with E-state index >= 15 is 0 Å². The summed E-state index contributed by atoms with van der Waals surface area (Å²) >= 11 is 0. The number of ether oxygens (including phenoxy) is 3. The number of nitrogens with zero attached hydrogens (tertiary/aromatic N) is 3. The van der Waals surface area contributed by atoms with E-state index in [9.17, 15) is 19.2 Å². The topological polar surface area (TPSA) is 150 Å². The lowest BCUT2D eigenvalue weighted by Gasteiger charge is -2.28. The summed E-state index contributed by atoms with van der Waals surface area (Å²) in [4.78, 5) is 57.0. The summed E-state index contributed by atoms with van der Waals surface area (Å²) in [6, 6.07) is 3.93. The number of hydrogen-bond donors (Lipinski definition) is 1. The molecule has 12 nitrogen and oxygen atoms in total. The second-order valence-corrected chi connectivity index (χ2v) is 12.0. The van der Waals surface area contributed by atoms with Crippen LogP contribution < -0.4 is 15.0 Å². The first kappa shape index (κ1) is 31.6. The van der Waals surface area contributed by atoms with Gasteiger partial charge < -0.3 is 24.1 Å². The molecule has 0 spiro atoms. The van der Waals surface area contributed by atoms with Crippen molar-refractivity contribution in [2.24, 2.45) is 5.92 Å². The lowest BCUT2D eigenvalue weighted by molar-refractivity contribution is -0.131. The first-order valence-electron chi connectivity index (χ1n) is 13.8. The molecule has 41 heavy (non-hydrogen) atoms. The Morgan fingerprint density at radius 3 is 2.22 bits per heavy atom. The molecular formula is C29H40N4O8. The number of aromatic nitrogens is 2. The van der Waals surface area contributed by atoms with Crippen molar-refractivity contribution in [3.63, 3.8) is 0 Å². The third-order valence-electron chi connectivity index (χ3n) is 6.12. The van der Waals surface area contributed by atoms with Crippen LogP contribution in [0, 0.1) is 5.92 Å². The Balaban J connectivity index is 1.77. The summed E-state index contributed by atoms with van der Waals surface area (Å²) in [6.07, 6.45) is 5.05. The molecule has 1 unspecified atom stereocenters. The Bertz CT molecular complexity index is 1170. The van der Waals surface area contributed by atoms with Gasteiger partial charge in [0, 0.05) is 18.2 Å². The second kappa shape index (κ2) is 13.6. The second-order valence-electron chi connectivity index (χ2n) is 12.0.